The standard InChI is InChI=1S/C19H22N4O2S/c1-11-12(2)20-19(21-13(11)3)26-10-17(24)23-16-7-5-4-6-15(16)18(25)22-14-8-9-14/h4-7,14H,8-10H2,1-3H3,(H,22,25)(H,23,24). The zero-order valence-corrected chi connectivity index (χ0v) is 15.9. The predicted octanol–water partition coefficient (Wildman–Crippen LogP) is 3.02. The highest BCUT2D eigenvalue weighted by Gasteiger charge is 2.25. The fourth-order valence-corrected chi connectivity index (χ4v) is 3.14. The minimum absolute atomic E-state index is 0.149. The van der Waals surface area contributed by atoms with Crippen LogP contribution in [0.5, 0.6) is 0 Å². The molecule has 26 heavy (non-hydrogen) atoms. The van der Waals surface area contributed by atoms with E-state index < -0.39 is 0 Å². The van der Waals surface area contributed by atoms with Crippen LogP contribution >= 0.6 is 11.8 Å². The SMILES string of the molecule is Cc1nc(SCC(=O)Nc2ccccc2C(=O)NC2CC2)nc(C)c1C. The molecule has 1 aromatic carbocycles. The number of para-hydroxylation sites is 1. The highest BCUT2D eigenvalue weighted by atomic mass is 32.2. The summed E-state index contributed by atoms with van der Waals surface area (Å²) >= 11 is 1.28. The maximum atomic E-state index is 12.3. The van der Waals surface area contributed by atoms with Gasteiger partial charge in [0.05, 0.1) is 17.0 Å². The van der Waals surface area contributed by atoms with Gasteiger partial charge in [0, 0.05) is 17.4 Å². The Morgan fingerprint density at radius 1 is 1.12 bits per heavy atom. The average molecular weight is 370 g/mol. The third-order valence-corrected chi connectivity index (χ3v) is 5.15. The van der Waals surface area contributed by atoms with E-state index in [1.54, 1.807) is 24.3 Å². The van der Waals surface area contributed by atoms with Crippen LogP contribution in [0, 0.1) is 20.8 Å². The first-order valence-electron chi connectivity index (χ1n) is 8.58. The van der Waals surface area contributed by atoms with E-state index in [1.807, 2.05) is 20.8 Å². The topological polar surface area (TPSA) is 84.0 Å². The number of hydrogen-bond donors (Lipinski definition) is 2. The molecule has 0 unspecified atom stereocenters. The van der Waals surface area contributed by atoms with Gasteiger partial charge in [-0.25, -0.2) is 9.97 Å². The summed E-state index contributed by atoms with van der Waals surface area (Å²) in [5.41, 5.74) is 3.91. The number of hydrogen-bond acceptors (Lipinski definition) is 5. The van der Waals surface area contributed by atoms with Crippen LogP contribution in [0.2, 0.25) is 0 Å². The van der Waals surface area contributed by atoms with Crippen molar-refractivity contribution in [2.45, 2.75) is 44.8 Å². The highest BCUT2D eigenvalue weighted by molar-refractivity contribution is 7.99. The van der Waals surface area contributed by atoms with E-state index in [2.05, 4.69) is 20.6 Å². The quantitative estimate of drug-likeness (QED) is 0.603. The number of carbonyl (C=O) groups is 2. The van der Waals surface area contributed by atoms with Gasteiger partial charge in [0.25, 0.3) is 5.91 Å². The lowest BCUT2D eigenvalue weighted by atomic mass is 10.1. The van der Waals surface area contributed by atoms with Crippen LogP contribution in [0.25, 0.3) is 0 Å². The fourth-order valence-electron chi connectivity index (χ4n) is 2.40. The average Bonchev–Trinajstić information content (AvgIpc) is 3.42. The molecule has 0 saturated heterocycles. The van der Waals surface area contributed by atoms with E-state index in [9.17, 15) is 9.59 Å². The smallest absolute Gasteiger partial charge is 0.253 e. The zero-order valence-electron chi connectivity index (χ0n) is 15.1. The van der Waals surface area contributed by atoms with E-state index in [1.165, 1.54) is 11.8 Å². The van der Waals surface area contributed by atoms with Crippen LogP contribution in [-0.2, 0) is 4.79 Å². The number of aromatic nitrogens is 2. The third-order valence-electron chi connectivity index (χ3n) is 4.30. The Labute approximate surface area is 157 Å². The molecule has 6 nitrogen and oxygen atoms in total. The van der Waals surface area contributed by atoms with Crippen LogP contribution in [0.15, 0.2) is 29.4 Å². The Morgan fingerprint density at radius 2 is 1.77 bits per heavy atom. The van der Waals surface area contributed by atoms with E-state index in [4.69, 9.17) is 0 Å². The maximum absolute atomic E-state index is 12.3. The first-order valence-corrected chi connectivity index (χ1v) is 9.57. The number of benzene rings is 1. The molecule has 2 aromatic rings. The minimum Gasteiger partial charge on any atom is -0.349 e. The van der Waals surface area contributed by atoms with Crippen LogP contribution in [0.4, 0.5) is 5.69 Å². The second kappa shape index (κ2) is 7.86. The summed E-state index contributed by atoms with van der Waals surface area (Å²) in [7, 11) is 0. The molecule has 7 heteroatoms. The Bertz CT molecular complexity index is 826. The van der Waals surface area contributed by atoms with Gasteiger partial charge in [-0.1, -0.05) is 23.9 Å². The van der Waals surface area contributed by atoms with Crippen molar-refractivity contribution >= 4 is 29.3 Å². The van der Waals surface area contributed by atoms with E-state index in [0.29, 0.717) is 16.4 Å². The normalized spacial score (nSPS) is 13.3. The third kappa shape index (κ3) is 4.60. The van der Waals surface area contributed by atoms with Crippen molar-refractivity contribution in [3.8, 4) is 0 Å². The van der Waals surface area contributed by atoms with Gasteiger partial charge < -0.3 is 10.6 Å². The summed E-state index contributed by atoms with van der Waals surface area (Å²) in [5.74, 6) is -0.161. The van der Waals surface area contributed by atoms with Gasteiger partial charge in [0.1, 0.15) is 0 Å². The lowest BCUT2D eigenvalue weighted by Gasteiger charge is -2.11. The summed E-state index contributed by atoms with van der Waals surface area (Å²) in [6.07, 6.45) is 2.04. The largest absolute Gasteiger partial charge is 0.349 e. The number of thioether (sulfide) groups is 1. The van der Waals surface area contributed by atoms with E-state index in [0.717, 1.165) is 29.8 Å². The number of carbonyl (C=O) groups excluding carboxylic acids is 2. The van der Waals surface area contributed by atoms with Crippen molar-refractivity contribution < 1.29 is 9.59 Å². The van der Waals surface area contributed by atoms with Crippen LogP contribution in [0.3, 0.4) is 0 Å². The minimum atomic E-state index is -0.193. The van der Waals surface area contributed by atoms with Crippen molar-refractivity contribution in [1.82, 2.24) is 15.3 Å². The second-order valence-electron chi connectivity index (χ2n) is 6.43. The van der Waals surface area contributed by atoms with Crippen molar-refractivity contribution in [3.05, 3.63) is 46.8 Å². The molecule has 2 amide bonds. The molecule has 1 saturated carbocycles. The first-order chi connectivity index (χ1) is 12.4. The first kappa shape index (κ1) is 18.4. The van der Waals surface area contributed by atoms with Gasteiger partial charge in [-0.05, 0) is 51.3 Å². The molecule has 3 rings (SSSR count). The Morgan fingerprint density at radius 3 is 2.42 bits per heavy atom. The summed E-state index contributed by atoms with van der Waals surface area (Å²) < 4.78 is 0. The van der Waals surface area contributed by atoms with E-state index in [-0.39, 0.29) is 23.6 Å². The molecule has 0 spiro atoms. The monoisotopic (exact) mass is 370 g/mol. The van der Waals surface area contributed by atoms with Crippen LogP contribution in [-0.4, -0.2) is 33.6 Å². The molecule has 1 fully saturated rings. The van der Waals surface area contributed by atoms with Crippen molar-refractivity contribution in [1.29, 1.82) is 0 Å². The van der Waals surface area contributed by atoms with Gasteiger partial charge in [-0.15, -0.1) is 0 Å². The molecule has 1 aromatic heterocycles. The fraction of sp³-hybridized carbons (Fsp3) is 0.368. The zero-order chi connectivity index (χ0) is 18.7. The highest BCUT2D eigenvalue weighted by Crippen LogP contribution is 2.22. The van der Waals surface area contributed by atoms with Gasteiger partial charge in [0.2, 0.25) is 5.91 Å². The summed E-state index contributed by atoms with van der Waals surface area (Å²) in [5, 5.41) is 6.35. The van der Waals surface area contributed by atoms with Crippen molar-refractivity contribution in [2.24, 2.45) is 0 Å². The molecule has 136 valence electrons. The van der Waals surface area contributed by atoms with Gasteiger partial charge in [0.15, 0.2) is 5.16 Å². The molecule has 0 aliphatic heterocycles. The van der Waals surface area contributed by atoms with Crippen molar-refractivity contribution in [3.63, 3.8) is 0 Å². The number of nitrogens with one attached hydrogen (secondary N) is 2. The molecule has 0 radical (unpaired) electrons. The molecule has 1 aliphatic rings. The van der Waals surface area contributed by atoms with Crippen LogP contribution < -0.4 is 10.6 Å². The predicted molar refractivity (Wildman–Crippen MR) is 103 cm³/mol. The number of nitrogens with zero attached hydrogens (tertiary/aromatic N) is 2. The van der Waals surface area contributed by atoms with E-state index >= 15 is 0 Å². The number of rotatable bonds is 6. The van der Waals surface area contributed by atoms with Crippen LogP contribution in [0.1, 0.15) is 40.2 Å². The molecule has 2 N–H and O–H groups in total. The number of aryl methyl sites for hydroxylation is 2. The molecule has 0 atom stereocenters. The van der Waals surface area contributed by atoms with Crippen molar-refractivity contribution in [2.75, 3.05) is 11.1 Å². The van der Waals surface area contributed by atoms with Gasteiger partial charge in [-0.2, -0.15) is 0 Å². The molecular formula is C19H22N4O2S. The summed E-state index contributed by atoms with van der Waals surface area (Å²) in [6.45, 7) is 5.85. The molecule has 0 bridgehead atoms. The lowest BCUT2D eigenvalue weighted by Crippen LogP contribution is -2.27. The second-order valence-corrected chi connectivity index (χ2v) is 7.37. The summed E-state index contributed by atoms with van der Waals surface area (Å²) in [4.78, 5) is 33.4. The maximum Gasteiger partial charge on any atom is 0.253 e. The lowest BCUT2D eigenvalue weighted by molar-refractivity contribution is -0.113. The van der Waals surface area contributed by atoms with Gasteiger partial charge in [-0.3, -0.25) is 9.59 Å². The van der Waals surface area contributed by atoms with Gasteiger partial charge >= 0.3 is 0 Å². The Balaban J connectivity index is 1.62. The Hall–Kier alpha value is -2.41. The Kier molecular flexibility index (Phi) is 5.56. The molecule has 1 heterocycles. The molecule has 1 aliphatic carbocycles. The number of anilines is 1. The number of amides is 2. The molecular weight excluding hydrogens is 348 g/mol. The summed E-state index contributed by atoms with van der Waals surface area (Å²) in [6, 6.07) is 7.31.